The molecular formula is C15H22N2O. The lowest BCUT2D eigenvalue weighted by molar-refractivity contribution is -0.121. The number of hydrogen-bond donors (Lipinski definition) is 2. The summed E-state index contributed by atoms with van der Waals surface area (Å²) in [6, 6.07) is 8.52. The summed E-state index contributed by atoms with van der Waals surface area (Å²) in [7, 11) is 0. The predicted octanol–water partition coefficient (Wildman–Crippen LogP) is 1.80. The van der Waals surface area contributed by atoms with Gasteiger partial charge in [-0.3, -0.25) is 4.79 Å². The quantitative estimate of drug-likeness (QED) is 0.854. The molecule has 1 amide bonds. The predicted molar refractivity (Wildman–Crippen MR) is 73.5 cm³/mol. The van der Waals surface area contributed by atoms with Gasteiger partial charge in [0.1, 0.15) is 0 Å². The van der Waals surface area contributed by atoms with Crippen molar-refractivity contribution in [2.45, 2.75) is 38.6 Å². The highest BCUT2D eigenvalue weighted by Crippen LogP contribution is 2.07. The fourth-order valence-corrected chi connectivity index (χ4v) is 2.33. The van der Waals surface area contributed by atoms with Gasteiger partial charge in [-0.15, -0.1) is 0 Å². The van der Waals surface area contributed by atoms with Gasteiger partial charge in [0.25, 0.3) is 0 Å². The largest absolute Gasteiger partial charge is 0.353 e. The van der Waals surface area contributed by atoms with Gasteiger partial charge in [-0.1, -0.05) is 29.8 Å². The molecule has 0 radical (unpaired) electrons. The van der Waals surface area contributed by atoms with E-state index in [1.165, 1.54) is 5.56 Å². The van der Waals surface area contributed by atoms with E-state index in [0.29, 0.717) is 12.5 Å². The highest BCUT2D eigenvalue weighted by atomic mass is 16.1. The summed E-state index contributed by atoms with van der Waals surface area (Å²) in [6.45, 7) is 4.14. The van der Waals surface area contributed by atoms with Crippen LogP contribution in [-0.2, 0) is 11.2 Å². The molecule has 3 heteroatoms. The maximum atomic E-state index is 11.9. The van der Waals surface area contributed by atoms with E-state index in [9.17, 15) is 4.79 Å². The van der Waals surface area contributed by atoms with Crippen molar-refractivity contribution in [2.24, 2.45) is 0 Å². The minimum absolute atomic E-state index is 0.144. The van der Waals surface area contributed by atoms with Crippen LogP contribution in [0, 0.1) is 6.92 Å². The number of rotatable bonds is 3. The van der Waals surface area contributed by atoms with Gasteiger partial charge in [0.2, 0.25) is 5.91 Å². The molecule has 1 atom stereocenters. The molecule has 1 aromatic carbocycles. The van der Waals surface area contributed by atoms with Crippen LogP contribution in [0.2, 0.25) is 0 Å². The third-order valence-electron chi connectivity index (χ3n) is 3.43. The Bertz CT molecular complexity index is 378. The third-order valence-corrected chi connectivity index (χ3v) is 3.43. The van der Waals surface area contributed by atoms with Crippen LogP contribution in [0.25, 0.3) is 0 Å². The van der Waals surface area contributed by atoms with E-state index < -0.39 is 0 Å². The fourth-order valence-electron chi connectivity index (χ4n) is 2.33. The fraction of sp³-hybridized carbons (Fsp3) is 0.533. The summed E-state index contributed by atoms with van der Waals surface area (Å²) in [4.78, 5) is 11.9. The molecule has 1 fully saturated rings. The second-order valence-corrected chi connectivity index (χ2v) is 5.11. The van der Waals surface area contributed by atoms with Crippen molar-refractivity contribution >= 4 is 5.91 Å². The zero-order valence-electron chi connectivity index (χ0n) is 11.0. The Hall–Kier alpha value is -1.35. The molecule has 1 aromatic rings. The van der Waals surface area contributed by atoms with Crippen molar-refractivity contribution in [1.82, 2.24) is 10.6 Å². The Labute approximate surface area is 109 Å². The number of aryl methyl sites for hydroxylation is 1. The van der Waals surface area contributed by atoms with Gasteiger partial charge < -0.3 is 10.6 Å². The van der Waals surface area contributed by atoms with Crippen molar-refractivity contribution in [3.05, 3.63) is 35.4 Å². The first kappa shape index (κ1) is 13.1. The molecule has 98 valence electrons. The maximum Gasteiger partial charge on any atom is 0.224 e. The summed E-state index contributed by atoms with van der Waals surface area (Å²) >= 11 is 0. The van der Waals surface area contributed by atoms with E-state index in [-0.39, 0.29) is 5.91 Å². The second-order valence-electron chi connectivity index (χ2n) is 5.11. The van der Waals surface area contributed by atoms with Crippen LogP contribution in [0.3, 0.4) is 0 Å². The summed E-state index contributed by atoms with van der Waals surface area (Å²) in [5.74, 6) is 0.144. The van der Waals surface area contributed by atoms with E-state index >= 15 is 0 Å². The lowest BCUT2D eigenvalue weighted by Gasteiger charge is -2.15. The van der Waals surface area contributed by atoms with Crippen LogP contribution < -0.4 is 10.6 Å². The molecular weight excluding hydrogens is 224 g/mol. The number of amides is 1. The normalized spacial score (nSPS) is 20.2. The Morgan fingerprint density at radius 1 is 1.28 bits per heavy atom. The summed E-state index contributed by atoms with van der Waals surface area (Å²) in [5, 5.41) is 6.50. The molecule has 0 bridgehead atoms. The lowest BCUT2D eigenvalue weighted by Crippen LogP contribution is -2.36. The number of hydrogen-bond acceptors (Lipinski definition) is 2. The van der Waals surface area contributed by atoms with Gasteiger partial charge >= 0.3 is 0 Å². The van der Waals surface area contributed by atoms with Crippen molar-refractivity contribution < 1.29 is 4.79 Å². The van der Waals surface area contributed by atoms with Crippen LogP contribution in [0.4, 0.5) is 0 Å². The van der Waals surface area contributed by atoms with Crippen molar-refractivity contribution in [1.29, 1.82) is 0 Å². The molecule has 2 rings (SSSR count). The Kier molecular flexibility index (Phi) is 4.76. The van der Waals surface area contributed by atoms with Crippen LogP contribution in [0.15, 0.2) is 24.3 Å². The van der Waals surface area contributed by atoms with Gasteiger partial charge in [-0.25, -0.2) is 0 Å². The molecule has 1 saturated heterocycles. The van der Waals surface area contributed by atoms with E-state index in [0.717, 1.165) is 37.9 Å². The smallest absolute Gasteiger partial charge is 0.224 e. The minimum Gasteiger partial charge on any atom is -0.353 e. The summed E-state index contributed by atoms with van der Waals surface area (Å²) in [6.07, 6.45) is 3.77. The number of benzene rings is 1. The minimum atomic E-state index is 0.144. The highest BCUT2D eigenvalue weighted by molar-refractivity contribution is 5.78. The SMILES string of the molecule is Cc1ccc(CC(=O)NC2CCCNCC2)cc1. The molecule has 0 aliphatic carbocycles. The zero-order chi connectivity index (χ0) is 12.8. The summed E-state index contributed by atoms with van der Waals surface area (Å²) in [5.41, 5.74) is 2.32. The van der Waals surface area contributed by atoms with E-state index in [1.54, 1.807) is 0 Å². The zero-order valence-corrected chi connectivity index (χ0v) is 11.0. The lowest BCUT2D eigenvalue weighted by atomic mass is 10.1. The van der Waals surface area contributed by atoms with E-state index in [1.807, 2.05) is 12.1 Å². The Morgan fingerprint density at radius 3 is 2.83 bits per heavy atom. The van der Waals surface area contributed by atoms with Crippen molar-refractivity contribution in [2.75, 3.05) is 13.1 Å². The number of carbonyl (C=O) groups is 1. The van der Waals surface area contributed by atoms with Crippen molar-refractivity contribution in [3.8, 4) is 0 Å². The molecule has 1 aliphatic heterocycles. The molecule has 3 nitrogen and oxygen atoms in total. The average molecular weight is 246 g/mol. The Morgan fingerprint density at radius 2 is 2.06 bits per heavy atom. The van der Waals surface area contributed by atoms with Gasteiger partial charge in [-0.2, -0.15) is 0 Å². The molecule has 1 heterocycles. The molecule has 1 aliphatic rings. The Balaban J connectivity index is 1.82. The first-order valence-electron chi connectivity index (χ1n) is 6.79. The monoisotopic (exact) mass is 246 g/mol. The van der Waals surface area contributed by atoms with Gasteiger partial charge in [-0.05, 0) is 44.8 Å². The van der Waals surface area contributed by atoms with Crippen LogP contribution in [0.5, 0.6) is 0 Å². The van der Waals surface area contributed by atoms with Gasteiger partial charge in [0.05, 0.1) is 6.42 Å². The molecule has 0 aromatic heterocycles. The van der Waals surface area contributed by atoms with Crippen molar-refractivity contribution in [3.63, 3.8) is 0 Å². The average Bonchev–Trinajstić information content (AvgIpc) is 2.61. The summed E-state index contributed by atoms with van der Waals surface area (Å²) < 4.78 is 0. The first-order valence-corrected chi connectivity index (χ1v) is 6.79. The number of nitrogens with one attached hydrogen (secondary N) is 2. The molecule has 2 N–H and O–H groups in total. The van der Waals surface area contributed by atoms with Gasteiger partial charge in [0.15, 0.2) is 0 Å². The molecule has 0 spiro atoms. The van der Waals surface area contributed by atoms with E-state index in [2.05, 4.69) is 29.7 Å². The second kappa shape index (κ2) is 6.55. The standard InChI is InChI=1S/C15H22N2O/c1-12-4-6-13(7-5-12)11-15(18)17-14-3-2-9-16-10-8-14/h4-7,14,16H,2-3,8-11H2,1H3,(H,17,18). The topological polar surface area (TPSA) is 41.1 Å². The highest BCUT2D eigenvalue weighted by Gasteiger charge is 2.14. The molecule has 1 unspecified atom stereocenters. The van der Waals surface area contributed by atoms with E-state index in [4.69, 9.17) is 0 Å². The maximum absolute atomic E-state index is 11.9. The van der Waals surface area contributed by atoms with Crippen LogP contribution in [0.1, 0.15) is 30.4 Å². The molecule has 18 heavy (non-hydrogen) atoms. The molecule has 0 saturated carbocycles. The van der Waals surface area contributed by atoms with Gasteiger partial charge in [0, 0.05) is 6.04 Å². The van der Waals surface area contributed by atoms with Crippen LogP contribution in [-0.4, -0.2) is 25.0 Å². The van der Waals surface area contributed by atoms with Crippen LogP contribution >= 0.6 is 0 Å². The third kappa shape index (κ3) is 4.15. The number of carbonyl (C=O) groups excluding carboxylic acids is 1. The first-order chi connectivity index (χ1) is 8.74.